The molecule has 0 aliphatic carbocycles. The highest BCUT2D eigenvalue weighted by atomic mass is 32.2. The maximum absolute atomic E-state index is 12.7. The molecule has 178 valence electrons. The summed E-state index contributed by atoms with van der Waals surface area (Å²) >= 11 is 0.679. The van der Waals surface area contributed by atoms with Crippen LogP contribution in [0, 0.1) is 17.0 Å². The highest BCUT2D eigenvalue weighted by Crippen LogP contribution is 2.36. The van der Waals surface area contributed by atoms with Crippen molar-refractivity contribution in [1.82, 2.24) is 4.90 Å². The summed E-state index contributed by atoms with van der Waals surface area (Å²) in [5, 5.41) is 13.5. The number of rotatable bonds is 7. The van der Waals surface area contributed by atoms with Crippen molar-refractivity contribution in [3.63, 3.8) is 0 Å². The topological polar surface area (TPSA) is 132 Å². The first-order valence-corrected chi connectivity index (χ1v) is 11.1. The molecule has 0 atom stereocenters. The number of aryl methyl sites for hydroxylation is 1. The van der Waals surface area contributed by atoms with Crippen LogP contribution in [0.1, 0.15) is 11.3 Å². The van der Waals surface area contributed by atoms with Crippen LogP contribution in [-0.2, 0) is 9.59 Å². The number of methoxy groups -OCH3 is 1. The summed E-state index contributed by atoms with van der Waals surface area (Å²) in [5.41, 5.74) is 1.55. The molecule has 10 nitrogen and oxygen atoms in total. The minimum Gasteiger partial charge on any atom is -0.497 e. The van der Waals surface area contributed by atoms with Gasteiger partial charge < -0.3 is 14.5 Å². The van der Waals surface area contributed by atoms with E-state index in [9.17, 15) is 24.5 Å². The summed E-state index contributed by atoms with van der Waals surface area (Å²) in [5.74, 6) is -0.381. The van der Waals surface area contributed by atoms with Crippen molar-refractivity contribution < 1.29 is 28.5 Å². The lowest BCUT2D eigenvalue weighted by molar-refractivity contribution is -0.384. The van der Waals surface area contributed by atoms with Crippen LogP contribution in [-0.4, -0.2) is 40.5 Å². The van der Waals surface area contributed by atoms with Crippen molar-refractivity contribution in [2.45, 2.75) is 6.92 Å². The van der Waals surface area contributed by atoms with E-state index in [1.165, 1.54) is 37.5 Å². The van der Waals surface area contributed by atoms with Gasteiger partial charge in [-0.25, -0.2) is 0 Å². The number of nitro groups is 1. The van der Waals surface area contributed by atoms with E-state index in [0.29, 0.717) is 23.2 Å². The molecule has 1 aliphatic heterocycles. The monoisotopic (exact) mass is 493 g/mol. The standard InChI is InChI=1S/C24H19N3O7S/c1-14-4-3-5-15(10-14)25-22(28)13-26-23(29)21(35-24(26)30)12-17-7-9-20(34-17)18-8-6-16(33-2)11-19(18)27(31)32/h3-12H,13H2,1-2H3,(H,25,28)/b21-12+. The van der Waals surface area contributed by atoms with Crippen LogP contribution in [0.3, 0.4) is 0 Å². The fraction of sp³-hybridized carbons (Fsp3) is 0.125. The van der Waals surface area contributed by atoms with Crippen LogP contribution >= 0.6 is 11.8 Å². The van der Waals surface area contributed by atoms with E-state index in [-0.39, 0.29) is 27.7 Å². The number of carbonyl (C=O) groups is 3. The lowest BCUT2D eigenvalue weighted by atomic mass is 10.1. The third-order valence-corrected chi connectivity index (χ3v) is 5.95. The summed E-state index contributed by atoms with van der Waals surface area (Å²) < 4.78 is 10.7. The minimum absolute atomic E-state index is 0.0727. The van der Waals surface area contributed by atoms with Crippen molar-refractivity contribution >= 4 is 46.3 Å². The molecule has 1 aliphatic rings. The molecule has 0 radical (unpaired) electrons. The first-order chi connectivity index (χ1) is 16.7. The van der Waals surface area contributed by atoms with Gasteiger partial charge >= 0.3 is 0 Å². The summed E-state index contributed by atoms with van der Waals surface area (Å²) in [7, 11) is 1.41. The lowest BCUT2D eigenvalue weighted by Gasteiger charge is -2.12. The number of nitrogens with one attached hydrogen (secondary N) is 1. The first kappa shape index (κ1) is 23.8. The Balaban J connectivity index is 1.50. The first-order valence-electron chi connectivity index (χ1n) is 10.3. The van der Waals surface area contributed by atoms with Gasteiger partial charge in [-0.1, -0.05) is 12.1 Å². The van der Waals surface area contributed by atoms with Crippen molar-refractivity contribution in [2.24, 2.45) is 0 Å². The Morgan fingerprint density at radius 1 is 1.20 bits per heavy atom. The highest BCUT2D eigenvalue weighted by Gasteiger charge is 2.36. The molecular formula is C24H19N3O7S. The average molecular weight is 493 g/mol. The Hall–Kier alpha value is -4.38. The zero-order valence-corrected chi connectivity index (χ0v) is 19.5. The van der Waals surface area contributed by atoms with Crippen molar-refractivity contribution in [3.8, 4) is 17.1 Å². The van der Waals surface area contributed by atoms with Crippen molar-refractivity contribution in [2.75, 3.05) is 19.0 Å². The fourth-order valence-corrected chi connectivity index (χ4v) is 4.22. The molecule has 0 spiro atoms. The number of hydrogen-bond donors (Lipinski definition) is 1. The number of anilines is 1. The number of amides is 3. The predicted octanol–water partition coefficient (Wildman–Crippen LogP) is 4.85. The Morgan fingerprint density at radius 3 is 2.71 bits per heavy atom. The fourth-order valence-electron chi connectivity index (χ4n) is 3.41. The number of benzene rings is 2. The normalized spacial score (nSPS) is 14.5. The summed E-state index contributed by atoms with van der Waals surface area (Å²) in [4.78, 5) is 49.3. The van der Waals surface area contributed by atoms with Crippen LogP contribution in [0.2, 0.25) is 0 Å². The van der Waals surface area contributed by atoms with E-state index < -0.39 is 28.5 Å². The van der Waals surface area contributed by atoms with Gasteiger partial charge in [-0.15, -0.1) is 0 Å². The van der Waals surface area contributed by atoms with E-state index in [1.807, 2.05) is 13.0 Å². The molecule has 0 saturated carbocycles. The van der Waals surface area contributed by atoms with E-state index in [1.54, 1.807) is 24.3 Å². The summed E-state index contributed by atoms with van der Waals surface area (Å²) in [6.07, 6.45) is 1.36. The molecule has 3 aromatic rings. The van der Waals surface area contributed by atoms with E-state index in [0.717, 1.165) is 10.5 Å². The van der Waals surface area contributed by atoms with Crippen LogP contribution in [0.5, 0.6) is 5.75 Å². The predicted molar refractivity (Wildman–Crippen MR) is 130 cm³/mol. The molecule has 11 heteroatoms. The Morgan fingerprint density at radius 2 is 2.00 bits per heavy atom. The molecule has 3 amide bonds. The number of thioether (sulfide) groups is 1. The number of imide groups is 1. The van der Waals surface area contributed by atoms with Gasteiger partial charge in [0, 0.05) is 11.8 Å². The lowest BCUT2D eigenvalue weighted by Crippen LogP contribution is -2.36. The third-order valence-electron chi connectivity index (χ3n) is 5.04. The number of carbonyl (C=O) groups excluding carboxylic acids is 3. The van der Waals surface area contributed by atoms with Crippen LogP contribution < -0.4 is 10.1 Å². The van der Waals surface area contributed by atoms with Gasteiger partial charge in [-0.2, -0.15) is 0 Å². The minimum atomic E-state index is -0.632. The van der Waals surface area contributed by atoms with E-state index >= 15 is 0 Å². The maximum Gasteiger partial charge on any atom is 0.294 e. The van der Waals surface area contributed by atoms with Crippen LogP contribution in [0.15, 0.2) is 63.9 Å². The molecule has 1 fully saturated rings. The summed E-state index contributed by atoms with van der Waals surface area (Å²) in [6, 6.07) is 14.5. The van der Waals surface area contributed by atoms with Crippen molar-refractivity contribution in [3.05, 3.63) is 80.9 Å². The number of nitro benzene ring substituents is 1. The Kier molecular flexibility index (Phi) is 6.69. The number of ether oxygens (including phenoxy) is 1. The molecule has 2 aromatic carbocycles. The molecular weight excluding hydrogens is 474 g/mol. The molecule has 4 rings (SSSR count). The number of furan rings is 1. The molecule has 1 N–H and O–H groups in total. The van der Waals surface area contributed by atoms with Gasteiger partial charge in [0.1, 0.15) is 23.8 Å². The highest BCUT2D eigenvalue weighted by molar-refractivity contribution is 8.18. The Labute approximate surface area is 203 Å². The SMILES string of the molecule is COc1ccc(-c2ccc(/C=C3/SC(=O)N(CC(=O)Nc4cccc(C)c4)C3=O)o2)c([N+](=O)[O-])c1. The van der Waals surface area contributed by atoms with E-state index in [4.69, 9.17) is 9.15 Å². The number of nitrogens with zero attached hydrogens (tertiary/aromatic N) is 2. The summed E-state index contributed by atoms with van der Waals surface area (Å²) in [6.45, 7) is 1.45. The molecule has 1 aromatic heterocycles. The molecule has 35 heavy (non-hydrogen) atoms. The second-order valence-corrected chi connectivity index (χ2v) is 8.52. The second-order valence-electron chi connectivity index (χ2n) is 7.53. The molecule has 0 unspecified atom stereocenters. The smallest absolute Gasteiger partial charge is 0.294 e. The van der Waals surface area contributed by atoms with Gasteiger partial charge in [-0.3, -0.25) is 29.4 Å². The number of hydrogen-bond acceptors (Lipinski definition) is 8. The Bertz CT molecular complexity index is 1380. The molecule has 1 saturated heterocycles. The third kappa shape index (κ3) is 5.25. The zero-order valence-electron chi connectivity index (χ0n) is 18.6. The average Bonchev–Trinajstić information content (AvgIpc) is 3.38. The second kappa shape index (κ2) is 9.85. The molecule has 0 bridgehead atoms. The van der Waals surface area contributed by atoms with Gasteiger partial charge in [-0.05, 0) is 60.6 Å². The van der Waals surface area contributed by atoms with E-state index in [2.05, 4.69) is 5.32 Å². The van der Waals surface area contributed by atoms with Crippen LogP contribution in [0.4, 0.5) is 16.2 Å². The van der Waals surface area contributed by atoms with Crippen LogP contribution in [0.25, 0.3) is 17.4 Å². The molecule has 2 heterocycles. The van der Waals surface area contributed by atoms with Crippen molar-refractivity contribution in [1.29, 1.82) is 0 Å². The maximum atomic E-state index is 12.7. The largest absolute Gasteiger partial charge is 0.497 e. The van der Waals surface area contributed by atoms with Gasteiger partial charge in [0.05, 0.1) is 28.6 Å². The van der Waals surface area contributed by atoms with Gasteiger partial charge in [0.25, 0.3) is 16.8 Å². The quantitative estimate of drug-likeness (QED) is 0.281. The zero-order chi connectivity index (χ0) is 25.1. The van der Waals surface area contributed by atoms with Gasteiger partial charge in [0.15, 0.2) is 0 Å². The van der Waals surface area contributed by atoms with Gasteiger partial charge in [0.2, 0.25) is 5.91 Å².